The summed E-state index contributed by atoms with van der Waals surface area (Å²) in [5.41, 5.74) is 11.2. The van der Waals surface area contributed by atoms with Crippen molar-refractivity contribution in [1.29, 1.82) is 0 Å². The fraction of sp³-hybridized carbons (Fsp3) is 0.333. The van der Waals surface area contributed by atoms with Crippen LogP contribution in [0.5, 0.6) is 0 Å². The third-order valence-corrected chi connectivity index (χ3v) is 14.5. The zero-order chi connectivity index (χ0) is 38.0. The summed E-state index contributed by atoms with van der Waals surface area (Å²) in [6.07, 6.45) is 16.3. The predicted octanol–water partition coefficient (Wildman–Crippen LogP) is 13.4. The molecule has 0 unspecified atom stereocenters. The maximum Gasteiger partial charge on any atom is 0.121 e. The number of benzene rings is 4. The topological polar surface area (TPSA) is 38.9 Å². The largest absolute Gasteiger partial charge is 0.501 e. The minimum absolute atomic E-state index is 0. The van der Waals surface area contributed by atoms with E-state index in [9.17, 15) is 0 Å². The summed E-state index contributed by atoms with van der Waals surface area (Å²) in [6, 6.07) is 42.7. The van der Waals surface area contributed by atoms with Crippen LogP contribution >= 0.6 is 0 Å². The summed E-state index contributed by atoms with van der Waals surface area (Å²) in [4.78, 5) is 9.50. The van der Waals surface area contributed by atoms with Crippen LogP contribution in [0.1, 0.15) is 76.3 Å². The summed E-state index contributed by atoms with van der Waals surface area (Å²) in [5.74, 6) is 1.61. The van der Waals surface area contributed by atoms with Gasteiger partial charge in [-0.3, -0.25) is 0 Å². The first kappa shape index (κ1) is 40.1. The van der Waals surface area contributed by atoms with Crippen molar-refractivity contribution >= 4 is 35.2 Å². The van der Waals surface area contributed by atoms with Crippen LogP contribution in [0.15, 0.2) is 120 Å². The third-order valence-electron chi connectivity index (χ3n) is 12.4. The Labute approximate surface area is 348 Å². The third kappa shape index (κ3) is 8.56. The summed E-state index contributed by atoms with van der Waals surface area (Å²) in [6.45, 7) is 12.1. The first-order valence-electron chi connectivity index (χ1n) is 20.5. The van der Waals surface area contributed by atoms with Gasteiger partial charge in [-0.15, -0.1) is 54.1 Å². The molecule has 2 aliphatic carbocycles. The van der Waals surface area contributed by atoms with Crippen LogP contribution in [0.3, 0.4) is 0 Å². The van der Waals surface area contributed by atoms with Gasteiger partial charge >= 0.3 is 0 Å². The molecule has 56 heavy (non-hydrogen) atoms. The molecule has 3 aromatic heterocycles. The summed E-state index contributed by atoms with van der Waals surface area (Å²) in [5, 5.41) is 3.78. The predicted molar refractivity (Wildman–Crippen MR) is 233 cm³/mol. The normalized spacial score (nSPS) is 15.2. The Morgan fingerprint density at radius 2 is 1.46 bits per heavy atom. The molecular weight excluding hydrogens is 877 g/mol. The van der Waals surface area contributed by atoms with Crippen molar-refractivity contribution in [2.24, 2.45) is 11.8 Å². The number of fused-ring (bicyclic) bond motifs is 3. The molecule has 3 nitrogen and oxygen atoms in total. The zero-order valence-corrected chi connectivity index (χ0v) is 37.0. The molecule has 1 radical (unpaired) electrons. The van der Waals surface area contributed by atoms with Crippen LogP contribution in [0.4, 0.5) is 0 Å². The molecule has 4 aromatic carbocycles. The summed E-state index contributed by atoms with van der Waals surface area (Å²) < 4.78 is 6.45. The molecule has 0 saturated heterocycles. The minimum atomic E-state index is -1.35. The van der Waals surface area contributed by atoms with Gasteiger partial charge in [0.25, 0.3) is 0 Å². The Hall–Kier alpha value is -4.15. The maximum atomic E-state index is 6.45. The van der Waals surface area contributed by atoms with E-state index in [2.05, 4.69) is 131 Å². The fourth-order valence-electron chi connectivity index (χ4n) is 9.16. The van der Waals surface area contributed by atoms with Gasteiger partial charge in [-0.2, -0.15) is 0 Å². The number of hydrogen-bond acceptors (Lipinski definition) is 3. The number of nitrogens with zero attached hydrogens (tertiary/aromatic N) is 2. The molecule has 2 saturated carbocycles. The van der Waals surface area contributed by atoms with Gasteiger partial charge in [0.1, 0.15) is 5.58 Å². The fourth-order valence-corrected chi connectivity index (χ4v) is 10.7. The Kier molecular flexibility index (Phi) is 12.3. The number of aromatic nitrogens is 2. The van der Waals surface area contributed by atoms with Gasteiger partial charge in [-0.25, -0.2) is 0 Å². The average molecular weight is 931 g/mol. The van der Waals surface area contributed by atoms with Crippen molar-refractivity contribution in [1.82, 2.24) is 9.97 Å². The van der Waals surface area contributed by atoms with Crippen molar-refractivity contribution in [2.45, 2.75) is 96.7 Å². The van der Waals surface area contributed by atoms with Crippen molar-refractivity contribution in [2.75, 3.05) is 0 Å². The van der Waals surface area contributed by atoms with Crippen molar-refractivity contribution in [3.05, 3.63) is 139 Å². The SMILES string of the molecule is CC(C)(c1ccnc(-c2[c-]ccc3c2oc2cc(-c4ccccc4)ccc23)c1)C1CCCC1.C[Si](C)(C)c1cnc(-c2[c-]cccc2)cc1CC1CCCC1.[Ir]. The van der Waals surface area contributed by atoms with Crippen LogP contribution in [0, 0.1) is 24.0 Å². The molecule has 9 rings (SSSR count). The van der Waals surface area contributed by atoms with E-state index in [-0.39, 0.29) is 25.5 Å². The Balaban J connectivity index is 0.000000183. The Morgan fingerprint density at radius 1 is 0.714 bits per heavy atom. The monoisotopic (exact) mass is 931 g/mol. The summed E-state index contributed by atoms with van der Waals surface area (Å²) in [7, 11) is -1.35. The first-order chi connectivity index (χ1) is 26.6. The van der Waals surface area contributed by atoms with Gasteiger partial charge in [0.15, 0.2) is 0 Å². The molecule has 289 valence electrons. The van der Waals surface area contributed by atoms with Gasteiger partial charge < -0.3 is 14.4 Å². The molecule has 0 bridgehead atoms. The average Bonchev–Trinajstić information content (AvgIpc) is 4.01. The molecule has 0 atom stereocenters. The van der Waals surface area contributed by atoms with Crippen molar-refractivity contribution in [3.8, 4) is 33.6 Å². The van der Waals surface area contributed by atoms with Gasteiger partial charge in [0.2, 0.25) is 0 Å². The zero-order valence-electron chi connectivity index (χ0n) is 33.6. The maximum absolute atomic E-state index is 6.45. The molecule has 3 heterocycles. The van der Waals surface area contributed by atoms with Crippen LogP contribution < -0.4 is 5.19 Å². The van der Waals surface area contributed by atoms with E-state index in [4.69, 9.17) is 14.4 Å². The molecule has 7 aromatic rings. The number of furan rings is 1. The molecule has 0 spiro atoms. The molecule has 0 amide bonds. The van der Waals surface area contributed by atoms with E-state index in [0.29, 0.717) is 0 Å². The molecule has 0 aliphatic heterocycles. The number of hydrogen-bond donors (Lipinski definition) is 0. The van der Waals surface area contributed by atoms with E-state index in [1.54, 1.807) is 10.8 Å². The molecule has 5 heteroatoms. The van der Waals surface area contributed by atoms with Gasteiger partial charge in [0, 0.05) is 37.9 Å². The van der Waals surface area contributed by atoms with Crippen molar-refractivity contribution in [3.63, 3.8) is 0 Å². The quantitative estimate of drug-likeness (QED) is 0.113. The second-order valence-corrected chi connectivity index (χ2v) is 22.6. The van der Waals surface area contributed by atoms with Crippen LogP contribution in [0.25, 0.3) is 55.6 Å². The number of pyridine rings is 2. The number of rotatable bonds is 8. The minimum Gasteiger partial charge on any atom is -0.501 e. The molecular formula is C51H54IrN2OSi-2. The van der Waals surface area contributed by atoms with E-state index >= 15 is 0 Å². The standard InChI is InChI=1S/C31H28NO.C20H26NSi.Ir/c1-31(2,23-11-6-7-12-23)24-17-18-32-28(20-24)27-14-8-13-26-25-16-15-22(19-29(25)33-30(26)27)21-9-4-3-5-10-21;1-22(2,3)20-15-21-19(17-11-5-4-6-12-17)14-18(20)13-16-9-7-8-10-16;/h3-5,8-10,13,15-20,23H,6-7,11-12H2,1-2H3;4-6,11,14-16H,7-10,13H2,1-3H3;/q2*-1;. The van der Waals surface area contributed by atoms with E-state index in [1.165, 1.54) is 68.9 Å². The first-order valence-corrected chi connectivity index (χ1v) is 24.0. The molecule has 2 fully saturated rings. The summed E-state index contributed by atoms with van der Waals surface area (Å²) >= 11 is 0. The molecule has 2 aliphatic rings. The van der Waals surface area contributed by atoms with Gasteiger partial charge in [-0.05, 0) is 81.9 Å². The Bertz CT molecular complexity index is 2380. The Morgan fingerprint density at radius 3 is 2.20 bits per heavy atom. The van der Waals surface area contributed by atoms with Gasteiger partial charge in [0.05, 0.1) is 13.7 Å². The van der Waals surface area contributed by atoms with Gasteiger partial charge in [-0.1, -0.05) is 143 Å². The van der Waals surface area contributed by atoms with E-state index < -0.39 is 8.07 Å². The smallest absolute Gasteiger partial charge is 0.121 e. The van der Waals surface area contributed by atoms with Crippen LogP contribution in [-0.2, 0) is 31.9 Å². The van der Waals surface area contributed by atoms with Crippen LogP contribution in [0.2, 0.25) is 19.6 Å². The van der Waals surface area contributed by atoms with Crippen molar-refractivity contribution < 1.29 is 24.5 Å². The second kappa shape index (κ2) is 17.1. The van der Waals surface area contributed by atoms with E-state index in [0.717, 1.165) is 61.9 Å². The second-order valence-electron chi connectivity index (χ2n) is 17.5. The van der Waals surface area contributed by atoms with E-state index in [1.807, 2.05) is 30.5 Å². The van der Waals surface area contributed by atoms with Crippen LogP contribution in [-0.4, -0.2) is 18.0 Å². The molecule has 0 N–H and O–H groups in total.